The normalized spacial score (nSPS) is 20.1. The number of rotatable bonds is 5. The summed E-state index contributed by atoms with van der Waals surface area (Å²) in [6, 6.07) is 10.8. The van der Waals surface area contributed by atoms with Gasteiger partial charge in [0.15, 0.2) is 5.96 Å². The Bertz CT molecular complexity index is 897. The fourth-order valence-corrected chi connectivity index (χ4v) is 3.86. The maximum atomic E-state index is 4.92. The lowest BCUT2D eigenvalue weighted by molar-refractivity contribution is 0.189. The standard InChI is InChI=1S/C22H29N7/c1-3-24-22(27-13-9-18(2)21(16-27)28-14-11-23-17-28)25-15-19-5-7-20(8-6-19)29-12-4-10-26-29/h4-8,10-12,14,17-18,21H,3,9,13,15-16H2,1-2H3,(H,24,25). The second-order valence-corrected chi connectivity index (χ2v) is 7.58. The highest BCUT2D eigenvalue weighted by molar-refractivity contribution is 5.80. The number of aromatic nitrogens is 4. The van der Waals surface area contributed by atoms with Crippen LogP contribution in [0.25, 0.3) is 5.69 Å². The summed E-state index contributed by atoms with van der Waals surface area (Å²) in [4.78, 5) is 11.5. The summed E-state index contributed by atoms with van der Waals surface area (Å²) in [5.74, 6) is 1.61. The first-order valence-electron chi connectivity index (χ1n) is 10.3. The topological polar surface area (TPSA) is 63.3 Å². The van der Waals surface area contributed by atoms with E-state index in [0.717, 1.165) is 37.7 Å². The van der Waals surface area contributed by atoms with Gasteiger partial charge in [0.25, 0.3) is 0 Å². The molecule has 1 N–H and O–H groups in total. The van der Waals surface area contributed by atoms with Gasteiger partial charge >= 0.3 is 0 Å². The van der Waals surface area contributed by atoms with Gasteiger partial charge in [0.2, 0.25) is 0 Å². The summed E-state index contributed by atoms with van der Waals surface area (Å²) in [6.45, 7) is 7.93. The molecule has 3 heterocycles. The summed E-state index contributed by atoms with van der Waals surface area (Å²) >= 11 is 0. The van der Waals surface area contributed by atoms with Crippen LogP contribution in [-0.4, -0.2) is 49.8 Å². The van der Waals surface area contributed by atoms with Crippen LogP contribution in [0, 0.1) is 5.92 Å². The molecule has 7 heteroatoms. The third kappa shape index (κ3) is 4.50. The Morgan fingerprint density at radius 1 is 1.21 bits per heavy atom. The lowest BCUT2D eigenvalue weighted by atomic mass is 9.93. The van der Waals surface area contributed by atoms with Crippen molar-refractivity contribution in [3.63, 3.8) is 0 Å². The van der Waals surface area contributed by atoms with Crippen molar-refractivity contribution in [3.8, 4) is 5.69 Å². The average Bonchev–Trinajstić information content (AvgIpc) is 3.46. The lowest BCUT2D eigenvalue weighted by Crippen LogP contribution is -2.49. The molecule has 1 aliphatic rings. The van der Waals surface area contributed by atoms with Gasteiger partial charge in [0.1, 0.15) is 0 Å². The molecule has 29 heavy (non-hydrogen) atoms. The maximum Gasteiger partial charge on any atom is 0.194 e. The minimum atomic E-state index is 0.420. The number of nitrogens with zero attached hydrogens (tertiary/aromatic N) is 6. The molecule has 0 saturated carbocycles. The van der Waals surface area contributed by atoms with E-state index in [1.807, 2.05) is 29.5 Å². The number of piperidine rings is 1. The largest absolute Gasteiger partial charge is 0.357 e. The number of nitrogens with one attached hydrogen (secondary N) is 1. The summed E-state index contributed by atoms with van der Waals surface area (Å²) in [6.07, 6.45) is 10.7. The average molecular weight is 392 g/mol. The van der Waals surface area contributed by atoms with Crippen molar-refractivity contribution in [1.29, 1.82) is 0 Å². The van der Waals surface area contributed by atoms with E-state index in [0.29, 0.717) is 18.5 Å². The van der Waals surface area contributed by atoms with E-state index >= 15 is 0 Å². The summed E-state index contributed by atoms with van der Waals surface area (Å²) in [5, 5.41) is 7.75. The van der Waals surface area contributed by atoms with Crippen molar-refractivity contribution in [2.75, 3.05) is 19.6 Å². The predicted molar refractivity (Wildman–Crippen MR) is 115 cm³/mol. The minimum Gasteiger partial charge on any atom is -0.357 e. The molecule has 0 bridgehead atoms. The molecule has 2 atom stereocenters. The van der Waals surface area contributed by atoms with Gasteiger partial charge in [-0.2, -0.15) is 5.10 Å². The molecule has 152 valence electrons. The van der Waals surface area contributed by atoms with Crippen molar-refractivity contribution in [3.05, 3.63) is 67.0 Å². The van der Waals surface area contributed by atoms with Crippen LogP contribution >= 0.6 is 0 Å². The van der Waals surface area contributed by atoms with Crippen LogP contribution in [-0.2, 0) is 6.54 Å². The van der Waals surface area contributed by atoms with Gasteiger partial charge in [0, 0.05) is 44.4 Å². The highest BCUT2D eigenvalue weighted by Gasteiger charge is 2.28. The highest BCUT2D eigenvalue weighted by atomic mass is 15.3. The van der Waals surface area contributed by atoms with E-state index < -0.39 is 0 Å². The predicted octanol–water partition coefficient (Wildman–Crippen LogP) is 3.12. The smallest absolute Gasteiger partial charge is 0.194 e. The molecule has 1 aromatic carbocycles. The Morgan fingerprint density at radius 3 is 2.76 bits per heavy atom. The molecular weight excluding hydrogens is 362 g/mol. The zero-order valence-corrected chi connectivity index (χ0v) is 17.1. The van der Waals surface area contributed by atoms with Gasteiger partial charge in [-0.15, -0.1) is 0 Å². The van der Waals surface area contributed by atoms with Crippen LogP contribution in [0.4, 0.5) is 0 Å². The molecule has 1 fully saturated rings. The number of hydrogen-bond acceptors (Lipinski definition) is 3. The van der Waals surface area contributed by atoms with Crippen LogP contribution in [0.3, 0.4) is 0 Å². The summed E-state index contributed by atoms with van der Waals surface area (Å²) in [5.41, 5.74) is 2.25. The number of benzene rings is 1. The molecule has 1 saturated heterocycles. The van der Waals surface area contributed by atoms with Crippen molar-refractivity contribution in [2.24, 2.45) is 10.9 Å². The maximum absolute atomic E-state index is 4.92. The van der Waals surface area contributed by atoms with Crippen molar-refractivity contribution in [2.45, 2.75) is 32.9 Å². The highest BCUT2D eigenvalue weighted by Crippen LogP contribution is 2.27. The number of imidazole rings is 1. The second-order valence-electron chi connectivity index (χ2n) is 7.58. The first-order valence-corrected chi connectivity index (χ1v) is 10.3. The Balaban J connectivity index is 1.46. The summed E-state index contributed by atoms with van der Waals surface area (Å²) < 4.78 is 4.09. The monoisotopic (exact) mass is 391 g/mol. The molecule has 2 unspecified atom stereocenters. The van der Waals surface area contributed by atoms with Crippen molar-refractivity contribution in [1.82, 2.24) is 29.5 Å². The Kier molecular flexibility index (Phi) is 5.93. The zero-order chi connectivity index (χ0) is 20.1. The molecule has 0 aliphatic carbocycles. The second kappa shape index (κ2) is 8.94. The minimum absolute atomic E-state index is 0.420. The molecule has 7 nitrogen and oxygen atoms in total. The number of hydrogen-bond donors (Lipinski definition) is 1. The SMILES string of the molecule is CCNC(=NCc1ccc(-n2cccn2)cc1)N1CCC(C)C(n2ccnc2)C1. The Hall–Kier alpha value is -3.09. The molecule has 4 rings (SSSR count). The number of likely N-dealkylation sites (tertiary alicyclic amines) is 1. The third-order valence-electron chi connectivity index (χ3n) is 5.58. The first-order chi connectivity index (χ1) is 14.2. The van der Waals surface area contributed by atoms with Crippen LogP contribution in [0.15, 0.2) is 66.4 Å². The van der Waals surface area contributed by atoms with Crippen LogP contribution in [0.5, 0.6) is 0 Å². The van der Waals surface area contributed by atoms with E-state index in [9.17, 15) is 0 Å². The quantitative estimate of drug-likeness (QED) is 0.536. The fraction of sp³-hybridized carbons (Fsp3) is 0.409. The van der Waals surface area contributed by atoms with E-state index in [2.05, 4.69) is 69.2 Å². The van der Waals surface area contributed by atoms with Gasteiger partial charge in [0.05, 0.1) is 24.6 Å². The van der Waals surface area contributed by atoms with E-state index in [-0.39, 0.29) is 0 Å². The van der Waals surface area contributed by atoms with Crippen molar-refractivity contribution < 1.29 is 0 Å². The first kappa shape index (κ1) is 19.2. The molecular formula is C22H29N7. The Morgan fingerprint density at radius 2 is 2.07 bits per heavy atom. The molecule has 0 spiro atoms. The Labute approximate surface area is 172 Å². The van der Waals surface area contributed by atoms with Gasteiger partial charge in [-0.05, 0) is 43.0 Å². The van der Waals surface area contributed by atoms with Crippen molar-refractivity contribution >= 4 is 5.96 Å². The van der Waals surface area contributed by atoms with Gasteiger partial charge in [-0.25, -0.2) is 14.7 Å². The lowest BCUT2D eigenvalue weighted by Gasteiger charge is -2.39. The molecule has 0 amide bonds. The van der Waals surface area contributed by atoms with E-state index in [1.165, 1.54) is 5.56 Å². The summed E-state index contributed by atoms with van der Waals surface area (Å²) in [7, 11) is 0. The third-order valence-corrected chi connectivity index (χ3v) is 5.58. The molecule has 1 aliphatic heterocycles. The molecule has 0 radical (unpaired) electrons. The van der Waals surface area contributed by atoms with Crippen LogP contribution in [0.2, 0.25) is 0 Å². The van der Waals surface area contributed by atoms with Gasteiger partial charge in [-0.1, -0.05) is 19.1 Å². The van der Waals surface area contributed by atoms with E-state index in [4.69, 9.17) is 4.99 Å². The zero-order valence-electron chi connectivity index (χ0n) is 17.1. The van der Waals surface area contributed by atoms with Crippen LogP contribution in [0.1, 0.15) is 31.9 Å². The van der Waals surface area contributed by atoms with E-state index in [1.54, 1.807) is 6.20 Å². The molecule has 2 aromatic heterocycles. The number of guanidine groups is 1. The fourth-order valence-electron chi connectivity index (χ4n) is 3.86. The van der Waals surface area contributed by atoms with Gasteiger partial charge < -0.3 is 14.8 Å². The molecule has 3 aromatic rings. The van der Waals surface area contributed by atoms with Crippen LogP contribution < -0.4 is 5.32 Å². The number of aliphatic imine (C=N–C) groups is 1. The van der Waals surface area contributed by atoms with Gasteiger partial charge in [-0.3, -0.25) is 0 Å².